The summed E-state index contributed by atoms with van der Waals surface area (Å²) in [5.74, 6) is -2.63. The van der Waals surface area contributed by atoms with E-state index in [9.17, 15) is 22.0 Å². The van der Waals surface area contributed by atoms with E-state index in [1.165, 1.54) is 18.2 Å². The molecule has 0 heterocycles. The number of rotatable bonds is 4. The molecule has 2 aromatic rings. The summed E-state index contributed by atoms with van der Waals surface area (Å²) in [5, 5.41) is 7.58. The molecule has 1 fully saturated rings. The molecule has 8 heteroatoms. The first-order chi connectivity index (χ1) is 11.3. The van der Waals surface area contributed by atoms with E-state index < -0.39 is 21.7 Å². The van der Waals surface area contributed by atoms with Crippen LogP contribution in [0.25, 0.3) is 0 Å². The lowest BCUT2D eigenvalue weighted by molar-refractivity contribution is -0.117. The van der Waals surface area contributed by atoms with Crippen LogP contribution in [0.3, 0.4) is 0 Å². The average molecular weight is 352 g/mol. The third kappa shape index (κ3) is 3.44. The molecule has 0 unspecified atom stereocenters. The quantitative estimate of drug-likeness (QED) is 0.885. The molecule has 1 saturated carbocycles. The average Bonchev–Trinajstić information content (AvgIpc) is 3.31. The fraction of sp³-hybridized carbons (Fsp3) is 0.188. The first-order valence-electron chi connectivity index (χ1n) is 7.14. The third-order valence-electron chi connectivity index (χ3n) is 3.95. The monoisotopic (exact) mass is 352 g/mol. The Morgan fingerprint density at radius 3 is 2.33 bits per heavy atom. The molecular formula is C16H14F2N2O3S. The highest BCUT2D eigenvalue weighted by Gasteiger charge is 2.44. The van der Waals surface area contributed by atoms with Crippen LogP contribution < -0.4 is 10.5 Å². The number of nitrogens with two attached hydrogens (primary N) is 1. The van der Waals surface area contributed by atoms with Crippen molar-refractivity contribution in [1.29, 1.82) is 0 Å². The number of sulfonamides is 1. The number of carbonyl (C=O) groups excluding carboxylic acids is 1. The van der Waals surface area contributed by atoms with E-state index in [0.29, 0.717) is 6.42 Å². The first-order valence-corrected chi connectivity index (χ1v) is 8.69. The molecule has 0 bridgehead atoms. The van der Waals surface area contributed by atoms with Crippen LogP contribution in [-0.2, 0) is 14.8 Å². The van der Waals surface area contributed by atoms with Crippen molar-refractivity contribution in [1.82, 2.24) is 0 Å². The van der Waals surface area contributed by atoms with Gasteiger partial charge in [0.05, 0.1) is 4.90 Å². The Kier molecular flexibility index (Phi) is 4.10. The molecule has 0 radical (unpaired) electrons. The summed E-state index contributed by atoms with van der Waals surface area (Å²) in [6, 6.07) is 9.19. The number of amides is 1. The number of anilines is 1. The van der Waals surface area contributed by atoms with Crippen LogP contribution in [0.15, 0.2) is 47.4 Å². The van der Waals surface area contributed by atoms with Gasteiger partial charge in [-0.3, -0.25) is 4.79 Å². The maximum atomic E-state index is 13.1. The minimum absolute atomic E-state index is 0.00897. The number of hydrogen-bond donors (Lipinski definition) is 2. The molecule has 1 aliphatic rings. The van der Waals surface area contributed by atoms with E-state index in [4.69, 9.17) is 5.14 Å². The minimum Gasteiger partial charge on any atom is -0.326 e. The Labute approximate surface area is 137 Å². The van der Waals surface area contributed by atoms with Gasteiger partial charge in [0, 0.05) is 17.7 Å². The van der Waals surface area contributed by atoms with Crippen molar-refractivity contribution < 1.29 is 22.0 Å². The van der Waals surface area contributed by atoms with Crippen LogP contribution in [0.4, 0.5) is 14.5 Å². The molecular weight excluding hydrogens is 338 g/mol. The highest BCUT2D eigenvalue weighted by atomic mass is 32.2. The van der Waals surface area contributed by atoms with Gasteiger partial charge >= 0.3 is 0 Å². The molecule has 3 rings (SSSR count). The molecule has 3 N–H and O–H groups in total. The lowest BCUT2D eigenvalue weighted by atomic mass is 10.1. The zero-order valence-electron chi connectivity index (χ0n) is 12.4. The maximum Gasteiger partial charge on any atom is 0.238 e. The first kappa shape index (κ1) is 16.5. The van der Waals surface area contributed by atoms with E-state index in [2.05, 4.69) is 5.32 Å². The van der Waals surface area contributed by atoms with Crippen LogP contribution in [0.1, 0.15) is 17.9 Å². The second-order valence-electron chi connectivity index (χ2n) is 5.68. The Balaban J connectivity index is 1.66. The topological polar surface area (TPSA) is 89.3 Å². The second kappa shape index (κ2) is 5.95. The molecule has 0 aromatic heterocycles. The van der Waals surface area contributed by atoms with Crippen molar-refractivity contribution in [3.63, 3.8) is 0 Å². The molecule has 2 atom stereocenters. The van der Waals surface area contributed by atoms with Gasteiger partial charge in [-0.2, -0.15) is 0 Å². The SMILES string of the molecule is NS(=O)(=O)c1ccc([C@H]2C[C@@H]2C(=O)Nc2ccc(F)c(F)c2)cc1. The van der Waals surface area contributed by atoms with E-state index in [-0.39, 0.29) is 28.3 Å². The third-order valence-corrected chi connectivity index (χ3v) is 4.88. The van der Waals surface area contributed by atoms with Gasteiger partial charge in [-0.15, -0.1) is 0 Å². The number of primary sulfonamides is 1. The van der Waals surface area contributed by atoms with Gasteiger partial charge in [0.1, 0.15) is 0 Å². The Hall–Kier alpha value is -2.32. The summed E-state index contributed by atoms with van der Waals surface area (Å²) in [6.07, 6.45) is 0.601. The van der Waals surface area contributed by atoms with Crippen LogP contribution in [0.5, 0.6) is 0 Å². The summed E-state index contributed by atoms with van der Waals surface area (Å²) in [4.78, 5) is 12.1. The second-order valence-corrected chi connectivity index (χ2v) is 7.24. The summed E-state index contributed by atoms with van der Waals surface area (Å²) in [7, 11) is -3.75. The van der Waals surface area contributed by atoms with Crippen LogP contribution in [0.2, 0.25) is 0 Å². The molecule has 2 aromatic carbocycles. The van der Waals surface area contributed by atoms with Crippen LogP contribution in [0, 0.1) is 17.6 Å². The lowest BCUT2D eigenvalue weighted by Gasteiger charge is -2.06. The van der Waals surface area contributed by atoms with Gasteiger partial charge in [0.2, 0.25) is 15.9 Å². The molecule has 0 saturated heterocycles. The Morgan fingerprint density at radius 1 is 1.08 bits per heavy atom. The van der Waals surface area contributed by atoms with Crippen molar-refractivity contribution in [2.45, 2.75) is 17.2 Å². The highest BCUT2D eigenvalue weighted by molar-refractivity contribution is 7.89. The summed E-state index contributed by atoms with van der Waals surface area (Å²) >= 11 is 0. The van der Waals surface area contributed by atoms with Crippen LogP contribution >= 0.6 is 0 Å². The maximum absolute atomic E-state index is 13.1. The van der Waals surface area contributed by atoms with Crippen molar-refractivity contribution in [3.05, 3.63) is 59.7 Å². The molecule has 126 valence electrons. The van der Waals surface area contributed by atoms with Crippen LogP contribution in [-0.4, -0.2) is 14.3 Å². The zero-order valence-corrected chi connectivity index (χ0v) is 13.2. The number of carbonyl (C=O) groups is 1. The zero-order chi connectivity index (χ0) is 17.5. The van der Waals surface area contributed by atoms with Crippen molar-refractivity contribution in [3.8, 4) is 0 Å². The standard InChI is InChI=1S/C16H14F2N2O3S/c17-14-6-3-10(7-15(14)18)20-16(21)13-8-12(13)9-1-4-11(5-2-9)24(19,22)23/h1-7,12-13H,8H2,(H,20,21)(H2,19,22,23)/t12-,13+/m1/s1. The summed E-state index contributed by atoms with van der Waals surface area (Å²) in [6.45, 7) is 0. The lowest BCUT2D eigenvalue weighted by Crippen LogP contribution is -2.15. The Morgan fingerprint density at radius 2 is 1.75 bits per heavy atom. The molecule has 5 nitrogen and oxygen atoms in total. The summed E-state index contributed by atoms with van der Waals surface area (Å²) < 4.78 is 48.4. The summed E-state index contributed by atoms with van der Waals surface area (Å²) in [5.41, 5.74) is 1.02. The van der Waals surface area contributed by atoms with Gasteiger partial charge < -0.3 is 5.32 Å². The number of nitrogens with one attached hydrogen (secondary N) is 1. The molecule has 0 spiro atoms. The number of halogens is 2. The fourth-order valence-electron chi connectivity index (χ4n) is 2.57. The van der Waals surface area contributed by atoms with Gasteiger partial charge in [-0.05, 0) is 42.2 Å². The normalized spacial score (nSPS) is 19.8. The van der Waals surface area contributed by atoms with Gasteiger partial charge in [-0.1, -0.05) is 12.1 Å². The predicted molar refractivity (Wildman–Crippen MR) is 83.7 cm³/mol. The number of benzene rings is 2. The van der Waals surface area contributed by atoms with Gasteiger partial charge in [-0.25, -0.2) is 22.3 Å². The van der Waals surface area contributed by atoms with E-state index in [0.717, 1.165) is 17.7 Å². The predicted octanol–water partition coefficient (Wildman–Crippen LogP) is 2.35. The highest BCUT2D eigenvalue weighted by Crippen LogP contribution is 2.48. The molecule has 1 aliphatic carbocycles. The number of hydrogen-bond acceptors (Lipinski definition) is 3. The molecule has 0 aliphatic heterocycles. The van der Waals surface area contributed by atoms with E-state index in [1.807, 2.05) is 0 Å². The fourth-order valence-corrected chi connectivity index (χ4v) is 3.08. The van der Waals surface area contributed by atoms with Gasteiger partial charge in [0.15, 0.2) is 11.6 Å². The van der Waals surface area contributed by atoms with E-state index in [1.54, 1.807) is 12.1 Å². The van der Waals surface area contributed by atoms with Gasteiger partial charge in [0.25, 0.3) is 0 Å². The largest absolute Gasteiger partial charge is 0.326 e. The minimum atomic E-state index is -3.75. The molecule has 1 amide bonds. The Bertz CT molecular complexity index is 898. The van der Waals surface area contributed by atoms with E-state index >= 15 is 0 Å². The molecule has 24 heavy (non-hydrogen) atoms. The smallest absolute Gasteiger partial charge is 0.238 e. The van der Waals surface area contributed by atoms with Crippen molar-refractivity contribution in [2.24, 2.45) is 11.1 Å². The van der Waals surface area contributed by atoms with Crippen molar-refractivity contribution in [2.75, 3.05) is 5.32 Å². The van der Waals surface area contributed by atoms with Crippen molar-refractivity contribution >= 4 is 21.6 Å².